The summed E-state index contributed by atoms with van der Waals surface area (Å²) < 4.78 is 5.25. The maximum Gasteiger partial charge on any atom is 0.255 e. The van der Waals surface area contributed by atoms with Gasteiger partial charge in [-0.15, -0.1) is 0 Å². The van der Waals surface area contributed by atoms with Crippen LogP contribution in [0.1, 0.15) is 15.9 Å². The fourth-order valence-corrected chi connectivity index (χ4v) is 1.71. The third-order valence-electron chi connectivity index (χ3n) is 2.79. The minimum Gasteiger partial charge on any atom is -0.491 e. The molecule has 0 spiro atoms. The summed E-state index contributed by atoms with van der Waals surface area (Å²) in [5.74, 6) is 0.515. The molecule has 0 aliphatic carbocycles. The van der Waals surface area contributed by atoms with E-state index in [9.17, 15) is 4.79 Å². The molecular weight excluding hydrogens is 254 g/mol. The third kappa shape index (κ3) is 3.83. The van der Waals surface area contributed by atoms with Crippen molar-refractivity contribution in [1.29, 1.82) is 0 Å². The number of hydrogen-bond donors (Lipinski definition) is 2. The molecule has 0 atom stereocenters. The molecular formula is C16H17NO3. The zero-order valence-corrected chi connectivity index (χ0v) is 11.3. The standard InChI is InChI=1S/C16H17NO3/c1-12-2-4-13(5-3-12)16(19)17-14-6-8-15(9-7-14)20-11-10-18/h2-9,18H,10-11H2,1H3,(H,17,19). The Morgan fingerprint density at radius 1 is 1.10 bits per heavy atom. The summed E-state index contributed by atoms with van der Waals surface area (Å²) in [7, 11) is 0. The van der Waals surface area contributed by atoms with E-state index in [4.69, 9.17) is 9.84 Å². The van der Waals surface area contributed by atoms with Crippen LogP contribution in [0.3, 0.4) is 0 Å². The molecule has 2 rings (SSSR count). The normalized spacial score (nSPS) is 10.1. The molecule has 0 unspecified atom stereocenters. The lowest BCUT2D eigenvalue weighted by Gasteiger charge is -2.07. The van der Waals surface area contributed by atoms with Crippen LogP contribution in [-0.4, -0.2) is 24.2 Å². The number of anilines is 1. The van der Waals surface area contributed by atoms with Crippen LogP contribution in [0.2, 0.25) is 0 Å². The van der Waals surface area contributed by atoms with E-state index in [2.05, 4.69) is 5.32 Å². The van der Waals surface area contributed by atoms with Crippen molar-refractivity contribution in [1.82, 2.24) is 0 Å². The fraction of sp³-hybridized carbons (Fsp3) is 0.188. The molecule has 20 heavy (non-hydrogen) atoms. The van der Waals surface area contributed by atoms with Crippen molar-refractivity contribution in [2.75, 3.05) is 18.5 Å². The van der Waals surface area contributed by atoms with E-state index in [1.165, 1.54) is 0 Å². The van der Waals surface area contributed by atoms with E-state index < -0.39 is 0 Å². The fourth-order valence-electron chi connectivity index (χ4n) is 1.71. The van der Waals surface area contributed by atoms with Gasteiger partial charge in [-0.3, -0.25) is 4.79 Å². The number of benzene rings is 2. The number of aliphatic hydroxyl groups is 1. The van der Waals surface area contributed by atoms with Crippen molar-refractivity contribution in [3.05, 3.63) is 59.7 Å². The van der Waals surface area contributed by atoms with Gasteiger partial charge in [-0.25, -0.2) is 0 Å². The predicted octanol–water partition coefficient (Wildman–Crippen LogP) is 2.62. The number of carbonyl (C=O) groups is 1. The van der Waals surface area contributed by atoms with Gasteiger partial charge < -0.3 is 15.2 Å². The van der Waals surface area contributed by atoms with Crippen molar-refractivity contribution >= 4 is 11.6 Å². The van der Waals surface area contributed by atoms with Crippen molar-refractivity contribution in [3.8, 4) is 5.75 Å². The van der Waals surface area contributed by atoms with E-state index in [0.29, 0.717) is 17.0 Å². The predicted molar refractivity (Wildman–Crippen MR) is 78.2 cm³/mol. The Hall–Kier alpha value is -2.33. The molecule has 4 heteroatoms. The average Bonchev–Trinajstić information content (AvgIpc) is 2.47. The Morgan fingerprint density at radius 3 is 2.35 bits per heavy atom. The lowest BCUT2D eigenvalue weighted by molar-refractivity contribution is 0.102. The Labute approximate surface area is 118 Å². The molecule has 2 aromatic carbocycles. The number of nitrogens with one attached hydrogen (secondary N) is 1. The SMILES string of the molecule is Cc1ccc(C(=O)Nc2ccc(OCCO)cc2)cc1. The highest BCUT2D eigenvalue weighted by Gasteiger charge is 2.05. The second kappa shape index (κ2) is 6.73. The lowest BCUT2D eigenvalue weighted by Crippen LogP contribution is -2.11. The number of amides is 1. The van der Waals surface area contributed by atoms with Crippen LogP contribution in [0, 0.1) is 6.92 Å². The molecule has 0 saturated carbocycles. The topological polar surface area (TPSA) is 58.6 Å². The van der Waals surface area contributed by atoms with Crippen LogP contribution in [-0.2, 0) is 0 Å². The highest BCUT2D eigenvalue weighted by atomic mass is 16.5. The molecule has 104 valence electrons. The largest absolute Gasteiger partial charge is 0.491 e. The number of ether oxygens (including phenoxy) is 1. The quantitative estimate of drug-likeness (QED) is 0.879. The van der Waals surface area contributed by atoms with Crippen molar-refractivity contribution in [3.63, 3.8) is 0 Å². The molecule has 0 bridgehead atoms. The monoisotopic (exact) mass is 271 g/mol. The second-order valence-corrected chi connectivity index (χ2v) is 4.42. The van der Waals surface area contributed by atoms with Crippen LogP contribution < -0.4 is 10.1 Å². The van der Waals surface area contributed by atoms with Crippen LogP contribution >= 0.6 is 0 Å². The first-order chi connectivity index (χ1) is 9.69. The van der Waals surface area contributed by atoms with Gasteiger partial charge in [0.15, 0.2) is 0 Å². The summed E-state index contributed by atoms with van der Waals surface area (Å²) in [5.41, 5.74) is 2.44. The number of rotatable bonds is 5. The third-order valence-corrected chi connectivity index (χ3v) is 2.79. The van der Waals surface area contributed by atoms with E-state index in [0.717, 1.165) is 5.56 Å². The molecule has 4 nitrogen and oxygen atoms in total. The maximum atomic E-state index is 12.0. The summed E-state index contributed by atoms with van der Waals surface area (Å²) in [6.45, 7) is 2.22. The summed E-state index contributed by atoms with van der Waals surface area (Å²) in [6.07, 6.45) is 0. The molecule has 0 aliphatic rings. The van der Waals surface area contributed by atoms with Gasteiger partial charge in [0, 0.05) is 11.3 Å². The zero-order chi connectivity index (χ0) is 14.4. The first kappa shape index (κ1) is 14.1. The summed E-state index contributed by atoms with van der Waals surface area (Å²) in [4.78, 5) is 12.0. The van der Waals surface area contributed by atoms with Crippen molar-refractivity contribution in [2.24, 2.45) is 0 Å². The molecule has 0 fully saturated rings. The maximum absolute atomic E-state index is 12.0. The lowest BCUT2D eigenvalue weighted by atomic mass is 10.1. The average molecular weight is 271 g/mol. The van der Waals surface area contributed by atoms with Crippen LogP contribution in [0.25, 0.3) is 0 Å². The van der Waals surface area contributed by atoms with Gasteiger partial charge in [-0.05, 0) is 43.3 Å². The Balaban J connectivity index is 1.99. The van der Waals surface area contributed by atoms with E-state index in [-0.39, 0.29) is 19.1 Å². The van der Waals surface area contributed by atoms with E-state index >= 15 is 0 Å². The molecule has 0 aliphatic heterocycles. The van der Waals surface area contributed by atoms with E-state index in [1.807, 2.05) is 19.1 Å². The summed E-state index contributed by atoms with van der Waals surface area (Å²) in [5, 5.41) is 11.5. The number of hydrogen-bond acceptors (Lipinski definition) is 3. The summed E-state index contributed by atoms with van der Waals surface area (Å²) >= 11 is 0. The Kier molecular flexibility index (Phi) is 4.74. The minimum absolute atomic E-state index is 0.0219. The summed E-state index contributed by atoms with van der Waals surface area (Å²) in [6, 6.07) is 14.4. The smallest absolute Gasteiger partial charge is 0.255 e. The van der Waals surface area contributed by atoms with Crippen molar-refractivity contribution < 1.29 is 14.6 Å². The Morgan fingerprint density at radius 2 is 1.75 bits per heavy atom. The zero-order valence-electron chi connectivity index (χ0n) is 11.3. The molecule has 2 N–H and O–H groups in total. The minimum atomic E-state index is -0.144. The van der Waals surface area contributed by atoms with Crippen LogP contribution in [0.15, 0.2) is 48.5 Å². The van der Waals surface area contributed by atoms with Crippen LogP contribution in [0.4, 0.5) is 5.69 Å². The van der Waals surface area contributed by atoms with Crippen molar-refractivity contribution in [2.45, 2.75) is 6.92 Å². The number of aryl methyl sites for hydroxylation is 1. The van der Waals surface area contributed by atoms with Gasteiger partial charge in [-0.1, -0.05) is 17.7 Å². The molecule has 2 aromatic rings. The van der Waals surface area contributed by atoms with E-state index in [1.54, 1.807) is 36.4 Å². The Bertz CT molecular complexity index is 561. The van der Waals surface area contributed by atoms with Crippen LogP contribution in [0.5, 0.6) is 5.75 Å². The molecule has 0 aromatic heterocycles. The molecule has 0 saturated heterocycles. The van der Waals surface area contributed by atoms with Gasteiger partial charge >= 0.3 is 0 Å². The number of aliphatic hydroxyl groups excluding tert-OH is 1. The first-order valence-corrected chi connectivity index (χ1v) is 6.41. The highest BCUT2D eigenvalue weighted by Crippen LogP contribution is 2.16. The van der Waals surface area contributed by atoms with Gasteiger partial charge in [0.05, 0.1) is 6.61 Å². The van der Waals surface area contributed by atoms with Gasteiger partial charge in [0.1, 0.15) is 12.4 Å². The van der Waals surface area contributed by atoms with Gasteiger partial charge in [0.25, 0.3) is 5.91 Å². The number of carbonyl (C=O) groups excluding carboxylic acids is 1. The van der Waals surface area contributed by atoms with Gasteiger partial charge in [-0.2, -0.15) is 0 Å². The van der Waals surface area contributed by atoms with Gasteiger partial charge in [0.2, 0.25) is 0 Å². The second-order valence-electron chi connectivity index (χ2n) is 4.42. The molecule has 0 heterocycles. The molecule has 0 radical (unpaired) electrons. The molecule has 1 amide bonds. The highest BCUT2D eigenvalue weighted by molar-refractivity contribution is 6.04. The first-order valence-electron chi connectivity index (χ1n) is 6.41.